The summed E-state index contributed by atoms with van der Waals surface area (Å²) >= 11 is 0. The van der Waals surface area contributed by atoms with Crippen molar-refractivity contribution in [1.82, 2.24) is 5.32 Å². The minimum atomic E-state index is -0.286. The van der Waals surface area contributed by atoms with E-state index in [0.29, 0.717) is 6.54 Å². The first-order valence-corrected chi connectivity index (χ1v) is 5.28. The molecule has 0 heterocycles. The zero-order valence-electron chi connectivity index (χ0n) is 10.1. The lowest BCUT2D eigenvalue weighted by molar-refractivity contribution is -0.131. The molecule has 0 aliphatic rings. The molecule has 0 bridgehead atoms. The zero-order valence-corrected chi connectivity index (χ0v) is 10.1. The summed E-state index contributed by atoms with van der Waals surface area (Å²) in [5.41, 5.74) is 5.00. The van der Waals surface area contributed by atoms with Gasteiger partial charge in [0.15, 0.2) is 0 Å². The van der Waals surface area contributed by atoms with Crippen molar-refractivity contribution >= 4 is 5.91 Å². The SMILES string of the molecule is CCC(C)(C)C(=O)NC(C)(C)CCN. The van der Waals surface area contributed by atoms with E-state index in [4.69, 9.17) is 5.73 Å². The molecule has 0 unspecified atom stereocenters. The standard InChI is InChI=1S/C11H24N2O/c1-6-10(2,3)9(14)13-11(4,5)7-8-12/h6-8,12H2,1-5H3,(H,13,14). The summed E-state index contributed by atoms with van der Waals surface area (Å²) in [7, 11) is 0. The van der Waals surface area contributed by atoms with E-state index < -0.39 is 0 Å². The molecule has 0 atom stereocenters. The first-order chi connectivity index (χ1) is 6.25. The Balaban J connectivity index is 4.31. The Kier molecular flexibility index (Phi) is 4.59. The Bertz CT molecular complexity index is 197. The van der Waals surface area contributed by atoms with Gasteiger partial charge in [-0.05, 0) is 33.2 Å². The Hall–Kier alpha value is -0.570. The van der Waals surface area contributed by atoms with Crippen LogP contribution in [0.2, 0.25) is 0 Å². The Morgan fingerprint density at radius 1 is 1.29 bits per heavy atom. The van der Waals surface area contributed by atoms with E-state index in [1.54, 1.807) is 0 Å². The monoisotopic (exact) mass is 200 g/mol. The smallest absolute Gasteiger partial charge is 0.226 e. The number of hydrogen-bond acceptors (Lipinski definition) is 2. The molecule has 3 heteroatoms. The van der Waals surface area contributed by atoms with Gasteiger partial charge in [0, 0.05) is 11.0 Å². The van der Waals surface area contributed by atoms with Gasteiger partial charge in [0.05, 0.1) is 0 Å². The Labute approximate surface area is 87.4 Å². The number of carbonyl (C=O) groups is 1. The normalized spacial score (nSPS) is 12.7. The van der Waals surface area contributed by atoms with Gasteiger partial charge >= 0.3 is 0 Å². The molecule has 0 aromatic heterocycles. The van der Waals surface area contributed by atoms with Crippen molar-refractivity contribution in [2.75, 3.05) is 6.54 Å². The van der Waals surface area contributed by atoms with Crippen LogP contribution in [0.3, 0.4) is 0 Å². The van der Waals surface area contributed by atoms with Gasteiger partial charge in [0.2, 0.25) is 5.91 Å². The van der Waals surface area contributed by atoms with Crippen molar-refractivity contribution in [2.45, 2.75) is 53.0 Å². The highest BCUT2D eigenvalue weighted by molar-refractivity contribution is 5.82. The maximum absolute atomic E-state index is 11.8. The molecule has 0 radical (unpaired) electrons. The molecule has 84 valence electrons. The van der Waals surface area contributed by atoms with Gasteiger partial charge in [-0.2, -0.15) is 0 Å². The van der Waals surface area contributed by atoms with Crippen LogP contribution in [0.15, 0.2) is 0 Å². The third kappa shape index (κ3) is 4.09. The van der Waals surface area contributed by atoms with Gasteiger partial charge in [0.1, 0.15) is 0 Å². The van der Waals surface area contributed by atoms with Crippen molar-refractivity contribution in [1.29, 1.82) is 0 Å². The van der Waals surface area contributed by atoms with Gasteiger partial charge in [-0.15, -0.1) is 0 Å². The van der Waals surface area contributed by atoms with Crippen molar-refractivity contribution in [3.05, 3.63) is 0 Å². The number of hydrogen-bond donors (Lipinski definition) is 2. The van der Waals surface area contributed by atoms with Gasteiger partial charge in [-0.3, -0.25) is 4.79 Å². The van der Waals surface area contributed by atoms with Crippen LogP contribution in [-0.4, -0.2) is 18.0 Å². The maximum Gasteiger partial charge on any atom is 0.226 e. The fraction of sp³-hybridized carbons (Fsp3) is 0.909. The predicted octanol–water partition coefficient (Wildman–Crippen LogP) is 1.67. The second-order valence-corrected chi connectivity index (χ2v) is 5.11. The molecule has 0 rings (SSSR count). The summed E-state index contributed by atoms with van der Waals surface area (Å²) in [5, 5.41) is 3.03. The first-order valence-electron chi connectivity index (χ1n) is 5.28. The number of nitrogens with two attached hydrogens (primary N) is 1. The second kappa shape index (κ2) is 4.78. The molecule has 0 fully saturated rings. The van der Waals surface area contributed by atoms with Crippen molar-refractivity contribution in [3.8, 4) is 0 Å². The van der Waals surface area contributed by atoms with Gasteiger partial charge < -0.3 is 11.1 Å². The number of nitrogens with one attached hydrogen (secondary N) is 1. The number of amides is 1. The summed E-state index contributed by atoms with van der Waals surface area (Å²) in [5.74, 6) is 0.110. The van der Waals surface area contributed by atoms with Gasteiger partial charge in [-0.25, -0.2) is 0 Å². The van der Waals surface area contributed by atoms with Crippen LogP contribution in [0.25, 0.3) is 0 Å². The van der Waals surface area contributed by atoms with Crippen LogP contribution in [-0.2, 0) is 4.79 Å². The Morgan fingerprint density at radius 3 is 2.14 bits per heavy atom. The number of rotatable bonds is 5. The molecule has 1 amide bonds. The van der Waals surface area contributed by atoms with E-state index >= 15 is 0 Å². The molecule has 3 N–H and O–H groups in total. The lowest BCUT2D eigenvalue weighted by Gasteiger charge is -2.31. The molecule has 14 heavy (non-hydrogen) atoms. The minimum Gasteiger partial charge on any atom is -0.351 e. The second-order valence-electron chi connectivity index (χ2n) is 5.11. The average Bonchev–Trinajstić information content (AvgIpc) is 2.03. The van der Waals surface area contributed by atoms with E-state index in [2.05, 4.69) is 5.32 Å². The molecule has 0 spiro atoms. The van der Waals surface area contributed by atoms with Crippen molar-refractivity contribution in [2.24, 2.45) is 11.1 Å². The summed E-state index contributed by atoms with van der Waals surface area (Å²) in [6.45, 7) is 10.5. The molecular formula is C11H24N2O. The summed E-state index contributed by atoms with van der Waals surface area (Å²) < 4.78 is 0. The van der Waals surface area contributed by atoms with E-state index in [1.807, 2.05) is 34.6 Å². The topological polar surface area (TPSA) is 55.1 Å². The quantitative estimate of drug-likeness (QED) is 0.709. The van der Waals surface area contributed by atoms with E-state index in [-0.39, 0.29) is 16.9 Å². The molecule has 0 aliphatic carbocycles. The molecule has 0 aromatic carbocycles. The highest BCUT2D eigenvalue weighted by atomic mass is 16.2. The average molecular weight is 200 g/mol. The predicted molar refractivity (Wildman–Crippen MR) is 60.0 cm³/mol. The lowest BCUT2D eigenvalue weighted by Crippen LogP contribution is -2.49. The summed E-state index contributed by atoms with van der Waals surface area (Å²) in [6, 6.07) is 0. The van der Waals surface area contributed by atoms with Crippen LogP contribution in [0, 0.1) is 5.41 Å². The number of carbonyl (C=O) groups excluding carboxylic acids is 1. The van der Waals surface area contributed by atoms with Crippen molar-refractivity contribution in [3.63, 3.8) is 0 Å². The summed E-state index contributed by atoms with van der Waals surface area (Å²) in [4.78, 5) is 11.8. The zero-order chi connectivity index (χ0) is 11.4. The van der Waals surface area contributed by atoms with E-state index in [0.717, 1.165) is 12.8 Å². The summed E-state index contributed by atoms with van der Waals surface area (Å²) in [6.07, 6.45) is 1.65. The third-order valence-corrected chi connectivity index (χ3v) is 2.72. The van der Waals surface area contributed by atoms with Gasteiger partial charge in [0.25, 0.3) is 0 Å². The highest BCUT2D eigenvalue weighted by Gasteiger charge is 2.29. The van der Waals surface area contributed by atoms with E-state index in [1.165, 1.54) is 0 Å². The third-order valence-electron chi connectivity index (χ3n) is 2.72. The van der Waals surface area contributed by atoms with E-state index in [9.17, 15) is 4.79 Å². The maximum atomic E-state index is 11.8. The minimum absolute atomic E-state index is 0.110. The van der Waals surface area contributed by atoms with Crippen LogP contribution < -0.4 is 11.1 Å². The fourth-order valence-corrected chi connectivity index (χ4v) is 1.06. The first kappa shape index (κ1) is 13.4. The molecule has 3 nitrogen and oxygen atoms in total. The lowest BCUT2D eigenvalue weighted by atomic mass is 9.87. The van der Waals surface area contributed by atoms with Gasteiger partial charge in [-0.1, -0.05) is 20.8 Å². The molecule has 0 saturated heterocycles. The molecule has 0 saturated carbocycles. The largest absolute Gasteiger partial charge is 0.351 e. The molecule has 0 aromatic rings. The highest BCUT2D eigenvalue weighted by Crippen LogP contribution is 2.21. The van der Waals surface area contributed by atoms with Crippen LogP contribution in [0.1, 0.15) is 47.5 Å². The van der Waals surface area contributed by atoms with Crippen LogP contribution >= 0.6 is 0 Å². The van der Waals surface area contributed by atoms with Crippen LogP contribution in [0.5, 0.6) is 0 Å². The Morgan fingerprint density at radius 2 is 1.79 bits per heavy atom. The van der Waals surface area contributed by atoms with Crippen LogP contribution in [0.4, 0.5) is 0 Å². The molecule has 0 aliphatic heterocycles. The fourth-order valence-electron chi connectivity index (χ4n) is 1.06. The van der Waals surface area contributed by atoms with Crippen molar-refractivity contribution < 1.29 is 4.79 Å². The molecular weight excluding hydrogens is 176 g/mol.